The van der Waals surface area contributed by atoms with E-state index in [2.05, 4.69) is 31.3 Å². The van der Waals surface area contributed by atoms with E-state index in [0.717, 1.165) is 5.56 Å². The van der Waals surface area contributed by atoms with Crippen LogP contribution in [0.1, 0.15) is 37.3 Å². The summed E-state index contributed by atoms with van der Waals surface area (Å²) in [5.74, 6) is 0.429. The number of carbonyl (C=O) groups is 2. The summed E-state index contributed by atoms with van der Waals surface area (Å²) in [6, 6.07) is 7.99. The zero-order valence-corrected chi connectivity index (χ0v) is 12.5. The molecule has 0 spiro atoms. The first-order valence-corrected chi connectivity index (χ1v) is 7.31. The third-order valence-corrected chi connectivity index (χ3v) is 3.83. The standard InChI is InChI=1S/C16H22N2O3/c1-11(2)13-5-3-12(4-6-13)9-15(19)17-14-7-8-18(10-14)16(20)21/h3-6,11,14H,7-10H2,1-2H3,(H,17,19)(H,20,21). The van der Waals surface area contributed by atoms with Crippen molar-refractivity contribution in [1.29, 1.82) is 0 Å². The lowest BCUT2D eigenvalue weighted by Crippen LogP contribution is -2.38. The fourth-order valence-corrected chi connectivity index (χ4v) is 2.54. The SMILES string of the molecule is CC(C)c1ccc(CC(=O)NC2CCN(C(=O)O)C2)cc1. The molecule has 21 heavy (non-hydrogen) atoms. The first-order valence-electron chi connectivity index (χ1n) is 7.31. The van der Waals surface area contributed by atoms with Gasteiger partial charge in [-0.15, -0.1) is 0 Å². The van der Waals surface area contributed by atoms with Crippen molar-refractivity contribution in [3.05, 3.63) is 35.4 Å². The van der Waals surface area contributed by atoms with Crippen LogP contribution >= 0.6 is 0 Å². The van der Waals surface area contributed by atoms with E-state index in [1.165, 1.54) is 10.5 Å². The minimum Gasteiger partial charge on any atom is -0.465 e. The number of hydrogen-bond donors (Lipinski definition) is 2. The molecular formula is C16H22N2O3. The van der Waals surface area contributed by atoms with E-state index in [4.69, 9.17) is 5.11 Å². The van der Waals surface area contributed by atoms with Crippen LogP contribution in [0.25, 0.3) is 0 Å². The summed E-state index contributed by atoms with van der Waals surface area (Å²) in [5, 5.41) is 11.8. The molecule has 0 aliphatic carbocycles. The molecule has 0 aromatic heterocycles. The molecule has 1 aromatic rings. The van der Waals surface area contributed by atoms with Crippen molar-refractivity contribution in [2.24, 2.45) is 0 Å². The van der Waals surface area contributed by atoms with Crippen molar-refractivity contribution in [1.82, 2.24) is 10.2 Å². The van der Waals surface area contributed by atoms with Crippen LogP contribution in [0.15, 0.2) is 24.3 Å². The fourth-order valence-electron chi connectivity index (χ4n) is 2.54. The van der Waals surface area contributed by atoms with E-state index >= 15 is 0 Å². The van der Waals surface area contributed by atoms with Crippen molar-refractivity contribution >= 4 is 12.0 Å². The summed E-state index contributed by atoms with van der Waals surface area (Å²) >= 11 is 0. The Labute approximate surface area is 125 Å². The molecule has 0 saturated carbocycles. The number of amides is 2. The second kappa shape index (κ2) is 6.61. The van der Waals surface area contributed by atoms with E-state index in [9.17, 15) is 9.59 Å². The highest BCUT2D eigenvalue weighted by molar-refractivity contribution is 5.79. The molecule has 1 aliphatic rings. The van der Waals surface area contributed by atoms with Gasteiger partial charge in [-0.2, -0.15) is 0 Å². The van der Waals surface area contributed by atoms with Gasteiger partial charge in [0.2, 0.25) is 5.91 Å². The molecule has 1 fully saturated rings. The van der Waals surface area contributed by atoms with E-state index in [0.29, 0.717) is 31.8 Å². The molecule has 114 valence electrons. The molecule has 1 atom stereocenters. The monoisotopic (exact) mass is 290 g/mol. The third-order valence-electron chi connectivity index (χ3n) is 3.83. The van der Waals surface area contributed by atoms with Crippen LogP contribution in [0.3, 0.4) is 0 Å². The maximum atomic E-state index is 12.0. The maximum absolute atomic E-state index is 12.0. The van der Waals surface area contributed by atoms with Gasteiger partial charge >= 0.3 is 6.09 Å². The average Bonchev–Trinajstić information content (AvgIpc) is 2.87. The third kappa shape index (κ3) is 4.21. The van der Waals surface area contributed by atoms with E-state index in [1.807, 2.05) is 12.1 Å². The van der Waals surface area contributed by atoms with Gasteiger partial charge < -0.3 is 15.3 Å². The Balaban J connectivity index is 1.83. The number of likely N-dealkylation sites (tertiary alicyclic amines) is 1. The summed E-state index contributed by atoms with van der Waals surface area (Å²) in [5.41, 5.74) is 2.23. The van der Waals surface area contributed by atoms with Crippen LogP contribution in [0.5, 0.6) is 0 Å². The number of rotatable bonds is 4. The molecule has 1 unspecified atom stereocenters. The Kier molecular flexibility index (Phi) is 4.83. The Hall–Kier alpha value is -2.04. The number of carbonyl (C=O) groups excluding carboxylic acids is 1. The number of hydrogen-bond acceptors (Lipinski definition) is 2. The summed E-state index contributed by atoms with van der Waals surface area (Å²) in [4.78, 5) is 24.1. The van der Waals surface area contributed by atoms with Gasteiger partial charge in [-0.25, -0.2) is 4.79 Å². The molecule has 5 heteroatoms. The lowest BCUT2D eigenvalue weighted by molar-refractivity contribution is -0.121. The van der Waals surface area contributed by atoms with Crippen molar-refractivity contribution < 1.29 is 14.7 Å². The number of nitrogens with one attached hydrogen (secondary N) is 1. The van der Waals surface area contributed by atoms with Gasteiger partial charge in [0.1, 0.15) is 0 Å². The van der Waals surface area contributed by atoms with Gasteiger partial charge in [-0.05, 0) is 23.5 Å². The zero-order valence-electron chi connectivity index (χ0n) is 12.5. The largest absolute Gasteiger partial charge is 0.465 e. The van der Waals surface area contributed by atoms with Gasteiger partial charge in [0, 0.05) is 19.1 Å². The molecule has 0 bridgehead atoms. The minimum atomic E-state index is -0.920. The normalized spacial score (nSPS) is 18.0. The van der Waals surface area contributed by atoms with Crippen molar-refractivity contribution in [2.75, 3.05) is 13.1 Å². The second-order valence-corrected chi connectivity index (χ2v) is 5.85. The first kappa shape index (κ1) is 15.4. The molecular weight excluding hydrogens is 268 g/mol. The summed E-state index contributed by atoms with van der Waals surface area (Å²) in [6.45, 7) is 5.14. The first-order chi connectivity index (χ1) is 9.95. The molecule has 1 aromatic carbocycles. The summed E-state index contributed by atoms with van der Waals surface area (Å²) < 4.78 is 0. The highest BCUT2D eigenvalue weighted by Gasteiger charge is 2.26. The van der Waals surface area contributed by atoms with Crippen LogP contribution < -0.4 is 5.32 Å². The molecule has 0 radical (unpaired) electrons. The molecule has 2 N–H and O–H groups in total. The van der Waals surface area contributed by atoms with Crippen LogP contribution in [0.4, 0.5) is 4.79 Å². The molecule has 2 rings (SSSR count). The van der Waals surface area contributed by atoms with Crippen molar-refractivity contribution in [2.45, 2.75) is 38.6 Å². The van der Waals surface area contributed by atoms with E-state index < -0.39 is 6.09 Å². The van der Waals surface area contributed by atoms with Crippen molar-refractivity contribution in [3.8, 4) is 0 Å². The van der Waals surface area contributed by atoms with Gasteiger partial charge in [0.25, 0.3) is 0 Å². The van der Waals surface area contributed by atoms with E-state index in [1.54, 1.807) is 0 Å². The lowest BCUT2D eigenvalue weighted by atomic mass is 10.0. The Morgan fingerprint density at radius 2 is 2.00 bits per heavy atom. The van der Waals surface area contributed by atoms with Crippen LogP contribution in [-0.4, -0.2) is 41.1 Å². The minimum absolute atomic E-state index is 0.0514. The quantitative estimate of drug-likeness (QED) is 0.893. The number of carboxylic acid groups (broad SMARTS) is 1. The zero-order chi connectivity index (χ0) is 15.4. The fraction of sp³-hybridized carbons (Fsp3) is 0.500. The van der Waals surface area contributed by atoms with E-state index in [-0.39, 0.29) is 11.9 Å². The smallest absolute Gasteiger partial charge is 0.407 e. The van der Waals surface area contributed by atoms with Crippen molar-refractivity contribution in [3.63, 3.8) is 0 Å². The lowest BCUT2D eigenvalue weighted by Gasteiger charge is -2.14. The Morgan fingerprint density at radius 1 is 1.33 bits per heavy atom. The van der Waals surface area contributed by atoms with Gasteiger partial charge in [0.15, 0.2) is 0 Å². The second-order valence-electron chi connectivity index (χ2n) is 5.85. The maximum Gasteiger partial charge on any atom is 0.407 e. The predicted molar refractivity (Wildman–Crippen MR) is 80.4 cm³/mol. The van der Waals surface area contributed by atoms with Crippen LogP contribution in [0, 0.1) is 0 Å². The van der Waals surface area contributed by atoms with Crippen LogP contribution in [-0.2, 0) is 11.2 Å². The Bertz CT molecular complexity index is 511. The van der Waals surface area contributed by atoms with Gasteiger partial charge in [0.05, 0.1) is 6.42 Å². The predicted octanol–water partition coefficient (Wildman–Crippen LogP) is 2.22. The molecule has 2 amide bonds. The van der Waals surface area contributed by atoms with Crippen LogP contribution in [0.2, 0.25) is 0 Å². The van der Waals surface area contributed by atoms with Gasteiger partial charge in [-0.3, -0.25) is 4.79 Å². The number of nitrogens with zero attached hydrogens (tertiary/aromatic N) is 1. The highest BCUT2D eigenvalue weighted by atomic mass is 16.4. The molecule has 1 aliphatic heterocycles. The molecule has 1 heterocycles. The summed E-state index contributed by atoms with van der Waals surface area (Å²) in [7, 11) is 0. The van der Waals surface area contributed by atoms with Gasteiger partial charge in [-0.1, -0.05) is 38.1 Å². The topological polar surface area (TPSA) is 69.6 Å². The Morgan fingerprint density at radius 3 is 2.52 bits per heavy atom. The molecule has 5 nitrogen and oxygen atoms in total. The summed E-state index contributed by atoms with van der Waals surface area (Å²) in [6.07, 6.45) is 0.0998. The number of benzene rings is 1. The highest BCUT2D eigenvalue weighted by Crippen LogP contribution is 2.15. The molecule has 1 saturated heterocycles. The average molecular weight is 290 g/mol.